The Morgan fingerprint density at radius 3 is 1.49 bits per heavy atom. The molecule has 2 aromatic heterocycles. The molecule has 0 saturated heterocycles. The second kappa shape index (κ2) is 12.0. The number of nitrogens with zero attached hydrogens (tertiary/aromatic N) is 2. The molecule has 51 heavy (non-hydrogen) atoms. The van der Waals surface area contributed by atoms with Crippen LogP contribution in [-0.2, 0) is 0 Å². The zero-order valence-electron chi connectivity index (χ0n) is 27.9. The van der Waals surface area contributed by atoms with Crippen molar-refractivity contribution in [2.45, 2.75) is 0 Å². The van der Waals surface area contributed by atoms with Crippen molar-refractivity contribution in [1.29, 1.82) is 0 Å². The molecule has 0 N–H and O–H groups in total. The summed E-state index contributed by atoms with van der Waals surface area (Å²) in [6, 6.07) is 67.5. The topological polar surface area (TPSA) is 17.8 Å². The maximum absolute atomic E-state index is 5.23. The molecule has 0 aliphatic carbocycles. The lowest BCUT2D eigenvalue weighted by Gasteiger charge is -2.18. The zero-order chi connectivity index (χ0) is 33.7. The van der Waals surface area contributed by atoms with Gasteiger partial charge in [0.15, 0.2) is 0 Å². The van der Waals surface area contributed by atoms with E-state index >= 15 is 0 Å². The van der Waals surface area contributed by atoms with E-state index in [1.165, 1.54) is 65.6 Å². The van der Waals surface area contributed by atoms with Crippen molar-refractivity contribution in [1.82, 2.24) is 9.55 Å². The highest BCUT2D eigenvalue weighted by Crippen LogP contribution is 2.44. The van der Waals surface area contributed by atoms with Gasteiger partial charge >= 0.3 is 0 Å². The van der Waals surface area contributed by atoms with Crippen molar-refractivity contribution in [3.8, 4) is 50.3 Å². The smallest absolute Gasteiger partial charge is 0.0714 e. The summed E-state index contributed by atoms with van der Waals surface area (Å²) >= 11 is 0. The molecule has 0 saturated carbocycles. The molecule has 0 aliphatic rings. The number of pyridine rings is 1. The summed E-state index contributed by atoms with van der Waals surface area (Å²) in [6.07, 6.45) is 2.05. The molecule has 2 heteroatoms. The van der Waals surface area contributed by atoms with Crippen LogP contribution in [0.25, 0.3) is 93.7 Å². The largest absolute Gasteiger partial charge is 0.309 e. The third-order valence-electron chi connectivity index (χ3n) is 10.3. The molecule has 238 valence electrons. The number of aromatic nitrogens is 2. The maximum Gasteiger partial charge on any atom is 0.0714 e. The summed E-state index contributed by atoms with van der Waals surface area (Å²) in [5.41, 5.74) is 12.8. The molecule has 10 aromatic rings. The first-order chi connectivity index (χ1) is 25.3. The van der Waals surface area contributed by atoms with Crippen LogP contribution in [-0.4, -0.2) is 9.55 Å². The normalized spacial score (nSPS) is 11.5. The third-order valence-corrected chi connectivity index (χ3v) is 10.3. The maximum atomic E-state index is 5.23. The van der Waals surface area contributed by atoms with E-state index in [0.29, 0.717) is 0 Å². The monoisotopic (exact) mass is 648 g/mol. The van der Waals surface area contributed by atoms with Gasteiger partial charge in [-0.1, -0.05) is 164 Å². The summed E-state index contributed by atoms with van der Waals surface area (Å²) in [6.45, 7) is 0. The summed E-state index contributed by atoms with van der Waals surface area (Å²) < 4.78 is 2.39. The Kier molecular flexibility index (Phi) is 6.85. The first-order valence-electron chi connectivity index (χ1n) is 17.5. The van der Waals surface area contributed by atoms with Gasteiger partial charge in [0.2, 0.25) is 0 Å². The van der Waals surface area contributed by atoms with Gasteiger partial charge in [0.25, 0.3) is 0 Å². The second-order valence-corrected chi connectivity index (χ2v) is 13.1. The molecule has 0 spiro atoms. The van der Waals surface area contributed by atoms with Crippen molar-refractivity contribution in [3.63, 3.8) is 0 Å². The molecular formula is C49H32N2. The number of hydrogen-bond acceptors (Lipinski definition) is 1. The molecule has 0 amide bonds. The van der Waals surface area contributed by atoms with Crippen LogP contribution in [0.5, 0.6) is 0 Å². The average Bonchev–Trinajstić information content (AvgIpc) is 3.55. The first kappa shape index (κ1) is 29.2. The number of para-hydroxylation sites is 3. The van der Waals surface area contributed by atoms with Crippen LogP contribution in [0.1, 0.15) is 0 Å². The summed E-state index contributed by atoms with van der Waals surface area (Å²) in [5.74, 6) is 0. The summed E-state index contributed by atoms with van der Waals surface area (Å²) in [4.78, 5) is 5.23. The second-order valence-electron chi connectivity index (χ2n) is 13.1. The lowest BCUT2D eigenvalue weighted by molar-refractivity contribution is 1.18. The molecule has 2 nitrogen and oxygen atoms in total. The van der Waals surface area contributed by atoms with Crippen LogP contribution in [0.3, 0.4) is 0 Å². The van der Waals surface area contributed by atoms with Gasteiger partial charge < -0.3 is 4.57 Å². The van der Waals surface area contributed by atoms with Crippen LogP contribution in [0.2, 0.25) is 0 Å². The lowest BCUT2D eigenvalue weighted by Crippen LogP contribution is -1.96. The van der Waals surface area contributed by atoms with Crippen LogP contribution in [0.15, 0.2) is 194 Å². The van der Waals surface area contributed by atoms with Gasteiger partial charge in [0.1, 0.15) is 0 Å². The third kappa shape index (κ3) is 4.76. The molecule has 0 radical (unpaired) electrons. The molecule has 10 rings (SSSR count). The van der Waals surface area contributed by atoms with Gasteiger partial charge in [-0.3, -0.25) is 4.98 Å². The van der Waals surface area contributed by atoms with Gasteiger partial charge in [-0.2, -0.15) is 0 Å². The highest BCUT2D eigenvalue weighted by molar-refractivity contribution is 6.21. The van der Waals surface area contributed by atoms with E-state index in [4.69, 9.17) is 4.98 Å². The Bertz CT molecular complexity index is 2810. The van der Waals surface area contributed by atoms with Crippen molar-refractivity contribution < 1.29 is 0 Å². The fourth-order valence-corrected chi connectivity index (χ4v) is 7.97. The molecule has 0 unspecified atom stereocenters. The quantitative estimate of drug-likeness (QED) is 0.170. The Labute approximate surface area is 296 Å². The lowest BCUT2D eigenvalue weighted by atomic mass is 9.87. The first-order valence-corrected chi connectivity index (χ1v) is 17.5. The van der Waals surface area contributed by atoms with Gasteiger partial charge in [-0.25, -0.2) is 0 Å². The summed E-state index contributed by atoms with van der Waals surface area (Å²) in [7, 11) is 0. The van der Waals surface area contributed by atoms with Gasteiger partial charge in [-0.15, -0.1) is 0 Å². The standard InChI is InChI=1S/C49H32N2/c1-3-14-33(15-4-1)34-26-28-35(29-27-34)47-40-19-7-9-21-42(40)48(43-22-10-8-20-41(43)47)45-31-30-36(32-50-45)38-23-13-24-44-39-18-11-12-25-46(39)51(49(38)44)37-16-5-2-6-17-37/h1-32H. The molecule has 8 aromatic carbocycles. The van der Waals surface area contributed by atoms with Gasteiger partial charge in [0, 0.05) is 39.3 Å². The molecule has 0 atom stereocenters. The fourth-order valence-electron chi connectivity index (χ4n) is 7.97. The minimum atomic E-state index is 0.966. The predicted molar refractivity (Wildman–Crippen MR) is 215 cm³/mol. The van der Waals surface area contributed by atoms with E-state index in [-0.39, 0.29) is 0 Å². The highest BCUT2D eigenvalue weighted by atomic mass is 15.0. The number of rotatable bonds is 5. The SMILES string of the molecule is c1ccc(-c2ccc(-c3c4ccccc4c(-c4ccc(-c5cccc6c7ccccc7n(-c7ccccc7)c56)cn4)c4ccccc34)cc2)cc1. The van der Waals surface area contributed by atoms with Crippen LogP contribution in [0.4, 0.5) is 0 Å². The van der Waals surface area contributed by atoms with E-state index in [9.17, 15) is 0 Å². The molecular weight excluding hydrogens is 617 g/mol. The molecule has 0 bridgehead atoms. The Morgan fingerprint density at radius 1 is 0.333 bits per heavy atom. The van der Waals surface area contributed by atoms with E-state index in [2.05, 4.69) is 199 Å². The van der Waals surface area contributed by atoms with E-state index < -0.39 is 0 Å². The van der Waals surface area contributed by atoms with Crippen molar-refractivity contribution >= 4 is 43.4 Å². The van der Waals surface area contributed by atoms with Crippen molar-refractivity contribution in [2.24, 2.45) is 0 Å². The number of hydrogen-bond donors (Lipinski definition) is 0. The average molecular weight is 649 g/mol. The number of fused-ring (bicyclic) bond motifs is 5. The van der Waals surface area contributed by atoms with Crippen LogP contribution < -0.4 is 0 Å². The minimum Gasteiger partial charge on any atom is -0.309 e. The number of benzene rings is 8. The van der Waals surface area contributed by atoms with Gasteiger partial charge in [0.05, 0.1) is 16.7 Å². The molecule has 2 heterocycles. The van der Waals surface area contributed by atoms with E-state index in [0.717, 1.165) is 28.1 Å². The van der Waals surface area contributed by atoms with Gasteiger partial charge in [-0.05, 0) is 68.1 Å². The molecule has 0 aliphatic heterocycles. The minimum absolute atomic E-state index is 0.966. The van der Waals surface area contributed by atoms with E-state index in [1.807, 2.05) is 0 Å². The van der Waals surface area contributed by atoms with Crippen LogP contribution >= 0.6 is 0 Å². The highest BCUT2D eigenvalue weighted by Gasteiger charge is 2.19. The molecule has 0 fully saturated rings. The Balaban J connectivity index is 1.14. The fraction of sp³-hybridized carbons (Fsp3) is 0. The zero-order valence-corrected chi connectivity index (χ0v) is 27.9. The Hall–Kier alpha value is -6.77. The van der Waals surface area contributed by atoms with Crippen LogP contribution in [0, 0.1) is 0 Å². The predicted octanol–water partition coefficient (Wildman–Crippen LogP) is 13.2. The van der Waals surface area contributed by atoms with E-state index in [1.54, 1.807) is 0 Å². The van der Waals surface area contributed by atoms with Crippen molar-refractivity contribution in [2.75, 3.05) is 0 Å². The Morgan fingerprint density at radius 2 is 0.843 bits per heavy atom. The summed E-state index contributed by atoms with van der Waals surface area (Å²) in [5, 5.41) is 7.33. The van der Waals surface area contributed by atoms with Crippen molar-refractivity contribution in [3.05, 3.63) is 194 Å².